The average Bonchev–Trinajstić information content (AvgIpc) is 2.82. The molecule has 2 rings (SSSR count). The molecule has 5 nitrogen and oxygen atoms in total. The number of methoxy groups -OCH3 is 1. The SMILES string of the molecule is COCCNCCN(C)c1nc2ccccc2o1. The van der Waals surface area contributed by atoms with Gasteiger partial charge in [-0.1, -0.05) is 12.1 Å². The molecule has 98 valence electrons. The summed E-state index contributed by atoms with van der Waals surface area (Å²) in [5.74, 6) is 0. The van der Waals surface area contributed by atoms with Gasteiger partial charge in [0.05, 0.1) is 6.61 Å². The second-order valence-corrected chi connectivity index (χ2v) is 4.13. The number of aromatic nitrogens is 1. The fourth-order valence-electron chi connectivity index (χ4n) is 1.66. The first kappa shape index (κ1) is 12.9. The smallest absolute Gasteiger partial charge is 0.298 e. The first-order chi connectivity index (χ1) is 8.81. The summed E-state index contributed by atoms with van der Waals surface area (Å²) in [7, 11) is 3.68. The second-order valence-electron chi connectivity index (χ2n) is 4.13. The van der Waals surface area contributed by atoms with Crippen LogP contribution in [0.2, 0.25) is 0 Å². The molecule has 0 aliphatic heterocycles. The highest BCUT2D eigenvalue weighted by atomic mass is 16.5. The Bertz CT molecular complexity index is 451. The summed E-state index contributed by atoms with van der Waals surface area (Å²) >= 11 is 0. The Morgan fingerprint density at radius 3 is 2.94 bits per heavy atom. The zero-order valence-electron chi connectivity index (χ0n) is 10.8. The molecule has 1 aromatic heterocycles. The van der Waals surface area contributed by atoms with E-state index in [0.717, 1.165) is 37.3 Å². The number of nitrogens with zero attached hydrogens (tertiary/aromatic N) is 2. The molecular weight excluding hydrogens is 230 g/mol. The van der Waals surface area contributed by atoms with Crippen LogP contribution in [0.5, 0.6) is 0 Å². The van der Waals surface area contributed by atoms with Gasteiger partial charge in [0.25, 0.3) is 6.01 Å². The van der Waals surface area contributed by atoms with Gasteiger partial charge in [0, 0.05) is 33.8 Å². The number of anilines is 1. The first-order valence-corrected chi connectivity index (χ1v) is 6.07. The fourth-order valence-corrected chi connectivity index (χ4v) is 1.66. The molecule has 0 radical (unpaired) electrons. The monoisotopic (exact) mass is 249 g/mol. The molecule has 1 N–H and O–H groups in total. The number of hydrogen-bond acceptors (Lipinski definition) is 5. The van der Waals surface area contributed by atoms with Crippen LogP contribution in [-0.4, -0.2) is 45.4 Å². The number of ether oxygens (including phenoxy) is 1. The Balaban J connectivity index is 1.86. The highest BCUT2D eigenvalue weighted by molar-refractivity contribution is 5.74. The molecule has 0 fully saturated rings. The molecule has 2 aromatic rings. The molecular formula is C13H19N3O2. The van der Waals surface area contributed by atoms with Crippen molar-refractivity contribution in [3.8, 4) is 0 Å². The first-order valence-electron chi connectivity index (χ1n) is 6.07. The van der Waals surface area contributed by atoms with Crippen LogP contribution in [0.3, 0.4) is 0 Å². The zero-order valence-corrected chi connectivity index (χ0v) is 10.8. The van der Waals surface area contributed by atoms with Crippen LogP contribution in [0.1, 0.15) is 0 Å². The van der Waals surface area contributed by atoms with Gasteiger partial charge in [-0.05, 0) is 12.1 Å². The molecule has 0 saturated carbocycles. The van der Waals surface area contributed by atoms with E-state index >= 15 is 0 Å². The number of nitrogens with one attached hydrogen (secondary N) is 1. The second kappa shape index (κ2) is 6.37. The van der Waals surface area contributed by atoms with Crippen molar-refractivity contribution in [1.29, 1.82) is 0 Å². The summed E-state index contributed by atoms with van der Waals surface area (Å²) in [6.07, 6.45) is 0. The molecule has 5 heteroatoms. The largest absolute Gasteiger partial charge is 0.423 e. The summed E-state index contributed by atoms with van der Waals surface area (Å²) in [6.45, 7) is 3.31. The normalized spacial score (nSPS) is 11.0. The molecule has 0 unspecified atom stereocenters. The minimum atomic E-state index is 0.657. The molecule has 0 aliphatic carbocycles. The van der Waals surface area contributed by atoms with Crippen molar-refractivity contribution >= 4 is 17.1 Å². The van der Waals surface area contributed by atoms with Crippen molar-refractivity contribution < 1.29 is 9.15 Å². The number of hydrogen-bond donors (Lipinski definition) is 1. The maximum Gasteiger partial charge on any atom is 0.298 e. The lowest BCUT2D eigenvalue weighted by Gasteiger charge is -2.14. The van der Waals surface area contributed by atoms with Gasteiger partial charge >= 0.3 is 0 Å². The molecule has 0 bridgehead atoms. The standard InChI is InChI=1S/C13H19N3O2/c1-16(9-7-14-8-10-17-2)13-15-11-5-3-4-6-12(11)18-13/h3-6,14H,7-10H2,1-2H3. The predicted molar refractivity (Wildman–Crippen MR) is 72.0 cm³/mol. The van der Waals surface area contributed by atoms with Gasteiger partial charge in [-0.15, -0.1) is 0 Å². The van der Waals surface area contributed by atoms with E-state index in [9.17, 15) is 0 Å². The van der Waals surface area contributed by atoms with Crippen molar-refractivity contribution in [3.05, 3.63) is 24.3 Å². The number of para-hydroxylation sites is 2. The van der Waals surface area contributed by atoms with Crippen molar-refractivity contribution in [2.24, 2.45) is 0 Å². The van der Waals surface area contributed by atoms with Gasteiger partial charge < -0.3 is 19.4 Å². The summed E-state index contributed by atoms with van der Waals surface area (Å²) in [4.78, 5) is 6.43. The molecule has 0 spiro atoms. The topological polar surface area (TPSA) is 50.5 Å². The third-order valence-electron chi connectivity index (χ3n) is 2.72. The van der Waals surface area contributed by atoms with Crippen molar-refractivity contribution in [2.75, 3.05) is 45.3 Å². The van der Waals surface area contributed by atoms with Crippen molar-refractivity contribution in [1.82, 2.24) is 10.3 Å². The number of rotatable bonds is 7. The quantitative estimate of drug-likeness (QED) is 0.754. The van der Waals surface area contributed by atoms with Crippen molar-refractivity contribution in [3.63, 3.8) is 0 Å². The Morgan fingerprint density at radius 1 is 1.33 bits per heavy atom. The highest BCUT2D eigenvalue weighted by Gasteiger charge is 2.08. The minimum Gasteiger partial charge on any atom is -0.423 e. The maximum atomic E-state index is 5.67. The lowest BCUT2D eigenvalue weighted by Crippen LogP contribution is -2.30. The lowest BCUT2D eigenvalue weighted by atomic mass is 10.3. The Morgan fingerprint density at radius 2 is 2.17 bits per heavy atom. The van der Waals surface area contributed by atoms with Crippen LogP contribution in [-0.2, 0) is 4.74 Å². The molecule has 18 heavy (non-hydrogen) atoms. The fraction of sp³-hybridized carbons (Fsp3) is 0.462. The number of likely N-dealkylation sites (N-methyl/N-ethyl adjacent to an activating group) is 1. The van der Waals surface area contributed by atoms with Crippen LogP contribution in [0.4, 0.5) is 6.01 Å². The summed E-state index contributed by atoms with van der Waals surface area (Å²) in [5.41, 5.74) is 1.72. The van der Waals surface area contributed by atoms with E-state index in [2.05, 4.69) is 10.3 Å². The van der Waals surface area contributed by atoms with Gasteiger partial charge in [0.2, 0.25) is 0 Å². The number of fused-ring (bicyclic) bond motifs is 1. The molecule has 1 heterocycles. The van der Waals surface area contributed by atoms with Crippen LogP contribution < -0.4 is 10.2 Å². The van der Waals surface area contributed by atoms with Crippen LogP contribution in [0.25, 0.3) is 11.1 Å². The highest BCUT2D eigenvalue weighted by Crippen LogP contribution is 2.20. The van der Waals surface area contributed by atoms with Crippen LogP contribution in [0, 0.1) is 0 Å². The molecule has 0 aliphatic rings. The van der Waals surface area contributed by atoms with Gasteiger partial charge in [-0.2, -0.15) is 4.98 Å². The Labute approximate surface area is 107 Å². The molecule has 0 atom stereocenters. The lowest BCUT2D eigenvalue weighted by molar-refractivity contribution is 0.200. The van der Waals surface area contributed by atoms with Crippen LogP contribution >= 0.6 is 0 Å². The molecule has 0 saturated heterocycles. The number of benzene rings is 1. The Hall–Kier alpha value is -1.59. The minimum absolute atomic E-state index is 0.657. The van der Waals surface area contributed by atoms with Crippen LogP contribution in [0.15, 0.2) is 28.7 Å². The maximum absolute atomic E-state index is 5.67. The van der Waals surface area contributed by atoms with E-state index in [-0.39, 0.29) is 0 Å². The zero-order chi connectivity index (χ0) is 12.8. The molecule has 0 amide bonds. The van der Waals surface area contributed by atoms with E-state index < -0.39 is 0 Å². The van der Waals surface area contributed by atoms with E-state index in [1.54, 1.807) is 7.11 Å². The van der Waals surface area contributed by atoms with E-state index in [1.165, 1.54) is 0 Å². The number of oxazole rings is 1. The third kappa shape index (κ3) is 3.21. The molecule has 1 aromatic carbocycles. The van der Waals surface area contributed by atoms with E-state index in [0.29, 0.717) is 6.01 Å². The van der Waals surface area contributed by atoms with E-state index in [4.69, 9.17) is 9.15 Å². The van der Waals surface area contributed by atoms with Gasteiger partial charge in [0.15, 0.2) is 5.58 Å². The van der Waals surface area contributed by atoms with E-state index in [1.807, 2.05) is 36.2 Å². The average molecular weight is 249 g/mol. The van der Waals surface area contributed by atoms with Gasteiger partial charge in [0.1, 0.15) is 5.52 Å². The van der Waals surface area contributed by atoms with Gasteiger partial charge in [-0.3, -0.25) is 0 Å². The summed E-state index contributed by atoms with van der Waals surface area (Å²) in [5, 5.41) is 3.28. The van der Waals surface area contributed by atoms with Crippen molar-refractivity contribution in [2.45, 2.75) is 0 Å². The third-order valence-corrected chi connectivity index (χ3v) is 2.72. The van der Waals surface area contributed by atoms with Gasteiger partial charge in [-0.25, -0.2) is 0 Å². The Kier molecular flexibility index (Phi) is 4.55. The summed E-state index contributed by atoms with van der Waals surface area (Å²) < 4.78 is 10.6. The predicted octanol–water partition coefficient (Wildman–Crippen LogP) is 1.50. The summed E-state index contributed by atoms with van der Waals surface area (Å²) in [6, 6.07) is 8.44.